The maximum absolute atomic E-state index is 12.6. The van der Waals surface area contributed by atoms with Gasteiger partial charge in [-0.15, -0.1) is 0 Å². The molecule has 0 bridgehead atoms. The second kappa shape index (κ2) is 7.37. The number of nitrogens with one attached hydrogen (secondary N) is 1. The fraction of sp³-hybridized carbons (Fsp3) is 0.304. The van der Waals surface area contributed by atoms with E-state index in [9.17, 15) is 9.59 Å². The molecular weight excluding hydrogens is 408 g/mol. The summed E-state index contributed by atoms with van der Waals surface area (Å²) in [7, 11) is 0. The Morgan fingerprint density at radius 2 is 2.19 bits per heavy atom. The van der Waals surface area contributed by atoms with Crippen LogP contribution in [-0.4, -0.2) is 43.9 Å². The van der Waals surface area contributed by atoms with Crippen LogP contribution in [0.5, 0.6) is 0 Å². The fourth-order valence-electron chi connectivity index (χ4n) is 4.58. The number of piperidine rings is 1. The van der Waals surface area contributed by atoms with Crippen molar-refractivity contribution in [2.24, 2.45) is 0 Å². The number of aromatic amines is 1. The van der Waals surface area contributed by atoms with Gasteiger partial charge in [0.05, 0.1) is 11.4 Å². The highest BCUT2D eigenvalue weighted by Gasteiger charge is 2.31. The zero-order chi connectivity index (χ0) is 22.6. The number of furan rings is 1. The first-order valence-corrected chi connectivity index (χ1v) is 10.6. The predicted molar refractivity (Wildman–Crippen MR) is 122 cm³/mol. The van der Waals surface area contributed by atoms with Gasteiger partial charge >= 0.3 is 0 Å². The summed E-state index contributed by atoms with van der Waals surface area (Å²) >= 11 is 0. The Kier molecular flexibility index (Phi) is 4.61. The third kappa shape index (κ3) is 3.00. The molecule has 32 heavy (non-hydrogen) atoms. The Bertz CT molecular complexity index is 1440. The van der Waals surface area contributed by atoms with E-state index < -0.39 is 5.56 Å². The number of aryl methyl sites for hydroxylation is 2. The number of anilines is 1. The van der Waals surface area contributed by atoms with Gasteiger partial charge in [-0.2, -0.15) is 10.2 Å². The number of benzene rings is 1. The molecule has 5 rings (SSSR count). The largest absolute Gasteiger partial charge is 0.454 e. The quantitative estimate of drug-likeness (QED) is 0.480. The third-order valence-electron chi connectivity index (χ3n) is 6.20. The average molecular weight is 432 g/mol. The molecule has 1 unspecified atom stereocenters. The highest BCUT2D eigenvalue weighted by Crippen LogP contribution is 2.40. The summed E-state index contributed by atoms with van der Waals surface area (Å²) in [4.78, 5) is 26.6. The lowest BCUT2D eigenvalue weighted by atomic mass is 10.0. The summed E-state index contributed by atoms with van der Waals surface area (Å²) in [5, 5.41) is 12.5. The van der Waals surface area contributed by atoms with E-state index in [1.807, 2.05) is 26.0 Å². The van der Waals surface area contributed by atoms with E-state index in [0.29, 0.717) is 29.9 Å². The minimum atomic E-state index is -0.423. The van der Waals surface area contributed by atoms with Crippen molar-refractivity contribution in [3.05, 3.63) is 52.3 Å². The minimum Gasteiger partial charge on any atom is -0.454 e. The molecule has 1 aromatic carbocycles. The van der Waals surface area contributed by atoms with Gasteiger partial charge in [0, 0.05) is 24.0 Å². The number of nitrogens with zero attached hydrogens (tertiary/aromatic N) is 4. The van der Waals surface area contributed by atoms with Gasteiger partial charge in [-0.25, -0.2) is 5.10 Å². The number of nitrogens with two attached hydrogens (primary N) is 1. The van der Waals surface area contributed by atoms with Crippen LogP contribution in [0, 0.1) is 13.8 Å². The van der Waals surface area contributed by atoms with E-state index in [1.165, 1.54) is 6.08 Å². The lowest BCUT2D eigenvalue weighted by Gasteiger charge is -2.32. The number of rotatable bonds is 3. The van der Waals surface area contributed by atoms with E-state index in [1.54, 1.807) is 9.58 Å². The van der Waals surface area contributed by atoms with Crippen molar-refractivity contribution in [2.45, 2.75) is 32.7 Å². The SMILES string of the molecule is C=CC(=O)N1CCCC(n2nc3c(=O)[nH]nc(N)c3c2-c2oc3ccc(C)cc3c2C)C1. The number of likely N-dealkylation sites (tertiary alicyclic amines) is 1. The van der Waals surface area contributed by atoms with Crippen molar-refractivity contribution in [1.82, 2.24) is 24.9 Å². The number of carbonyl (C=O) groups excluding carboxylic acids is 1. The van der Waals surface area contributed by atoms with Crippen molar-refractivity contribution in [3.8, 4) is 11.5 Å². The summed E-state index contributed by atoms with van der Waals surface area (Å²) in [5.74, 6) is 0.647. The van der Waals surface area contributed by atoms with Gasteiger partial charge in [0.15, 0.2) is 17.1 Å². The van der Waals surface area contributed by atoms with E-state index in [4.69, 9.17) is 10.2 Å². The molecule has 1 fully saturated rings. The number of nitrogen functional groups attached to an aromatic ring is 1. The lowest BCUT2D eigenvalue weighted by Crippen LogP contribution is -2.40. The predicted octanol–water partition coefficient (Wildman–Crippen LogP) is 3.08. The van der Waals surface area contributed by atoms with Crippen LogP contribution in [0.25, 0.3) is 33.3 Å². The van der Waals surface area contributed by atoms with Gasteiger partial charge in [0.2, 0.25) is 5.91 Å². The fourth-order valence-corrected chi connectivity index (χ4v) is 4.58. The second-order valence-electron chi connectivity index (χ2n) is 8.29. The van der Waals surface area contributed by atoms with E-state index in [2.05, 4.69) is 27.9 Å². The van der Waals surface area contributed by atoms with Gasteiger partial charge in [0.25, 0.3) is 5.56 Å². The van der Waals surface area contributed by atoms with Crippen LogP contribution in [0.1, 0.15) is 30.0 Å². The van der Waals surface area contributed by atoms with Crippen molar-refractivity contribution >= 4 is 33.6 Å². The Morgan fingerprint density at radius 1 is 1.38 bits per heavy atom. The van der Waals surface area contributed by atoms with Crippen LogP contribution in [0.15, 0.2) is 40.1 Å². The summed E-state index contributed by atoms with van der Waals surface area (Å²) in [6.07, 6.45) is 2.93. The molecule has 1 saturated heterocycles. The van der Waals surface area contributed by atoms with Crippen LogP contribution in [0.2, 0.25) is 0 Å². The van der Waals surface area contributed by atoms with Crippen molar-refractivity contribution in [3.63, 3.8) is 0 Å². The smallest absolute Gasteiger partial charge is 0.292 e. The molecule has 9 nitrogen and oxygen atoms in total. The zero-order valence-electron chi connectivity index (χ0n) is 18.0. The van der Waals surface area contributed by atoms with Crippen LogP contribution in [0.4, 0.5) is 5.82 Å². The molecule has 3 N–H and O–H groups in total. The van der Waals surface area contributed by atoms with E-state index in [-0.39, 0.29) is 23.3 Å². The molecular formula is C23H24N6O3. The highest BCUT2D eigenvalue weighted by molar-refractivity contribution is 6.01. The Balaban J connectivity index is 1.78. The second-order valence-corrected chi connectivity index (χ2v) is 8.29. The number of aromatic nitrogens is 4. The van der Waals surface area contributed by atoms with Gasteiger partial charge < -0.3 is 15.1 Å². The molecule has 164 valence electrons. The first-order chi connectivity index (χ1) is 15.4. The summed E-state index contributed by atoms with van der Waals surface area (Å²) in [5.41, 5.74) is 9.41. The minimum absolute atomic E-state index is 0.123. The van der Waals surface area contributed by atoms with Crippen molar-refractivity contribution in [2.75, 3.05) is 18.8 Å². The van der Waals surface area contributed by atoms with Gasteiger partial charge in [0.1, 0.15) is 11.3 Å². The number of hydrogen-bond acceptors (Lipinski definition) is 6. The molecule has 1 amide bonds. The highest BCUT2D eigenvalue weighted by atomic mass is 16.3. The number of H-pyrrole nitrogens is 1. The molecule has 3 aromatic heterocycles. The van der Waals surface area contributed by atoms with Crippen LogP contribution in [0.3, 0.4) is 0 Å². The third-order valence-corrected chi connectivity index (χ3v) is 6.20. The Labute approximate surface area is 183 Å². The number of hydrogen-bond donors (Lipinski definition) is 2. The normalized spacial score (nSPS) is 16.7. The summed E-state index contributed by atoms with van der Waals surface area (Å²) in [6, 6.07) is 5.84. The maximum Gasteiger partial charge on any atom is 0.292 e. The van der Waals surface area contributed by atoms with Crippen LogP contribution in [-0.2, 0) is 4.79 Å². The van der Waals surface area contributed by atoms with E-state index in [0.717, 1.165) is 34.9 Å². The molecule has 0 spiro atoms. The topological polar surface area (TPSA) is 123 Å². The zero-order valence-corrected chi connectivity index (χ0v) is 18.0. The van der Waals surface area contributed by atoms with Crippen molar-refractivity contribution < 1.29 is 9.21 Å². The summed E-state index contributed by atoms with van der Waals surface area (Å²) < 4.78 is 8.06. The maximum atomic E-state index is 12.6. The molecule has 0 saturated carbocycles. The van der Waals surface area contributed by atoms with Gasteiger partial charge in [-0.05, 0) is 44.9 Å². The lowest BCUT2D eigenvalue weighted by molar-refractivity contribution is -0.127. The van der Waals surface area contributed by atoms with Crippen molar-refractivity contribution in [1.29, 1.82) is 0 Å². The monoisotopic (exact) mass is 432 g/mol. The number of fused-ring (bicyclic) bond motifs is 2. The molecule has 4 heterocycles. The number of carbonyl (C=O) groups is 1. The molecule has 4 aromatic rings. The Hall–Kier alpha value is -3.88. The molecule has 9 heteroatoms. The molecule has 0 radical (unpaired) electrons. The van der Waals surface area contributed by atoms with Crippen LogP contribution >= 0.6 is 0 Å². The molecule has 1 aliphatic heterocycles. The first kappa shape index (κ1) is 20.0. The van der Waals surface area contributed by atoms with Gasteiger partial charge in [-0.1, -0.05) is 18.2 Å². The number of amides is 1. The first-order valence-electron chi connectivity index (χ1n) is 10.6. The van der Waals surface area contributed by atoms with E-state index >= 15 is 0 Å². The Morgan fingerprint density at radius 3 is 2.97 bits per heavy atom. The standard InChI is InChI=1S/C23H24N6O3/c1-4-17(30)28-9-5-6-14(11-28)29-20(18-19(27-29)23(31)26-25-22(18)24)21-13(3)15-10-12(2)7-8-16(15)32-21/h4,7-8,10,14H,1,5-6,9,11H2,2-3H3,(H2,24,25)(H,26,31). The van der Waals surface area contributed by atoms with Crippen LogP contribution < -0.4 is 11.3 Å². The molecule has 1 aliphatic rings. The molecule has 1 atom stereocenters. The average Bonchev–Trinajstić information content (AvgIpc) is 3.35. The van der Waals surface area contributed by atoms with Gasteiger partial charge in [-0.3, -0.25) is 14.3 Å². The summed E-state index contributed by atoms with van der Waals surface area (Å²) in [6.45, 7) is 8.72. The molecule has 0 aliphatic carbocycles.